The number of amides is 1. The fourth-order valence-electron chi connectivity index (χ4n) is 4.57. The van der Waals surface area contributed by atoms with E-state index in [2.05, 4.69) is 15.5 Å². The lowest BCUT2D eigenvalue weighted by molar-refractivity contribution is -0.140. The smallest absolute Gasteiger partial charge is 0.266 e. The van der Waals surface area contributed by atoms with Crippen molar-refractivity contribution in [2.24, 2.45) is 0 Å². The lowest BCUT2D eigenvalue weighted by Gasteiger charge is -2.36. The lowest BCUT2D eigenvalue weighted by atomic mass is 9.79. The summed E-state index contributed by atoms with van der Waals surface area (Å²) >= 11 is 0. The topological polar surface area (TPSA) is 67.4 Å². The van der Waals surface area contributed by atoms with E-state index in [0.717, 1.165) is 28.1 Å². The van der Waals surface area contributed by atoms with Crippen LogP contribution in [0.2, 0.25) is 0 Å². The first-order chi connectivity index (χ1) is 15.2. The van der Waals surface area contributed by atoms with Crippen molar-refractivity contribution in [2.75, 3.05) is 30.5 Å². The second kappa shape index (κ2) is 7.16. The van der Waals surface area contributed by atoms with Gasteiger partial charge in [0.1, 0.15) is 11.2 Å². The van der Waals surface area contributed by atoms with Crippen molar-refractivity contribution in [1.29, 1.82) is 0 Å². The zero-order valence-corrected chi connectivity index (χ0v) is 17.7. The Balaban J connectivity index is 1.60. The summed E-state index contributed by atoms with van der Waals surface area (Å²) in [6.07, 6.45) is -2.90. The van der Waals surface area contributed by atoms with E-state index < -0.39 is 29.3 Å². The highest BCUT2D eigenvalue weighted by molar-refractivity contribution is 6.12. The number of carbonyl (C=O) groups is 1. The molecule has 3 aromatic rings. The molecule has 0 aliphatic carbocycles. The number of benzene rings is 2. The lowest BCUT2D eigenvalue weighted by Crippen LogP contribution is -2.53. The SMILES string of the molecule is Cc1nnc(NC(C)c2cccc(C(F)F)c2F)c2cc3c(cc12)N(C)C(=O)C31COC1. The Bertz CT molecular complexity index is 1260. The molecule has 1 aromatic heterocycles. The number of halogens is 3. The third-order valence-corrected chi connectivity index (χ3v) is 6.48. The van der Waals surface area contributed by atoms with Crippen LogP contribution in [0.15, 0.2) is 30.3 Å². The molecule has 1 spiro atoms. The summed E-state index contributed by atoms with van der Waals surface area (Å²) in [7, 11) is 1.74. The predicted octanol–water partition coefficient (Wildman–Crippen LogP) is 4.43. The minimum absolute atomic E-state index is 0.0126. The Hall–Kier alpha value is -3.20. The number of fused-ring (bicyclic) bond motifs is 3. The van der Waals surface area contributed by atoms with Crippen molar-refractivity contribution in [3.8, 4) is 0 Å². The zero-order chi connectivity index (χ0) is 22.8. The van der Waals surface area contributed by atoms with Crippen LogP contribution >= 0.6 is 0 Å². The van der Waals surface area contributed by atoms with Crippen LogP contribution in [-0.2, 0) is 14.9 Å². The monoisotopic (exact) mass is 442 g/mol. The minimum atomic E-state index is -2.90. The molecule has 32 heavy (non-hydrogen) atoms. The number of aryl methyl sites for hydroxylation is 1. The highest BCUT2D eigenvalue weighted by Crippen LogP contribution is 2.48. The molecule has 0 radical (unpaired) electrons. The second-order valence-corrected chi connectivity index (χ2v) is 8.41. The van der Waals surface area contributed by atoms with Crippen molar-refractivity contribution in [2.45, 2.75) is 31.7 Å². The molecule has 1 atom stereocenters. The summed E-state index contributed by atoms with van der Waals surface area (Å²) in [5, 5.41) is 13.1. The highest BCUT2D eigenvalue weighted by atomic mass is 19.3. The maximum atomic E-state index is 14.7. The number of alkyl halides is 2. The molecule has 0 saturated carbocycles. The molecule has 1 saturated heterocycles. The number of hydrogen-bond donors (Lipinski definition) is 1. The zero-order valence-electron chi connectivity index (χ0n) is 17.7. The number of ether oxygens (including phenoxy) is 1. The maximum absolute atomic E-state index is 14.7. The van der Waals surface area contributed by atoms with Crippen LogP contribution < -0.4 is 10.2 Å². The van der Waals surface area contributed by atoms with Crippen molar-refractivity contribution in [1.82, 2.24) is 10.2 Å². The Labute approximate surface area is 182 Å². The Morgan fingerprint density at radius 1 is 1.16 bits per heavy atom. The molecule has 2 aliphatic heterocycles. The molecule has 1 N–H and O–H groups in total. The van der Waals surface area contributed by atoms with Gasteiger partial charge in [-0.15, -0.1) is 5.10 Å². The van der Waals surface area contributed by atoms with E-state index in [1.54, 1.807) is 18.9 Å². The average Bonchev–Trinajstić information content (AvgIpc) is 2.95. The number of likely N-dealkylation sites (N-methyl/N-ethyl adjacent to an activating group) is 1. The molecule has 2 aliphatic rings. The number of hydrogen-bond acceptors (Lipinski definition) is 5. The molecule has 3 heterocycles. The Morgan fingerprint density at radius 2 is 1.88 bits per heavy atom. The third kappa shape index (κ3) is 2.80. The van der Waals surface area contributed by atoms with Gasteiger partial charge in [-0.25, -0.2) is 13.2 Å². The van der Waals surface area contributed by atoms with Gasteiger partial charge in [0.15, 0.2) is 5.82 Å². The summed E-state index contributed by atoms with van der Waals surface area (Å²) in [6, 6.07) is 7.13. The van der Waals surface area contributed by atoms with Gasteiger partial charge in [0, 0.05) is 29.1 Å². The van der Waals surface area contributed by atoms with Crippen LogP contribution in [0.5, 0.6) is 0 Å². The average molecular weight is 442 g/mol. The van der Waals surface area contributed by atoms with Crippen LogP contribution in [0, 0.1) is 12.7 Å². The fraction of sp³-hybridized carbons (Fsp3) is 0.348. The van der Waals surface area contributed by atoms with Crippen LogP contribution in [0.25, 0.3) is 10.8 Å². The van der Waals surface area contributed by atoms with Crippen LogP contribution in [0.3, 0.4) is 0 Å². The summed E-state index contributed by atoms with van der Waals surface area (Å²) < 4.78 is 46.3. The van der Waals surface area contributed by atoms with Crippen LogP contribution in [-0.4, -0.2) is 36.4 Å². The number of rotatable bonds is 4. The van der Waals surface area contributed by atoms with Crippen molar-refractivity contribution in [3.63, 3.8) is 0 Å². The summed E-state index contributed by atoms with van der Waals surface area (Å²) in [5.41, 5.74) is 1.11. The first-order valence-corrected chi connectivity index (χ1v) is 10.2. The Morgan fingerprint density at radius 3 is 2.53 bits per heavy atom. The molecule has 5 rings (SSSR count). The highest BCUT2D eigenvalue weighted by Gasteiger charge is 2.55. The van der Waals surface area contributed by atoms with E-state index in [1.165, 1.54) is 12.1 Å². The largest absolute Gasteiger partial charge is 0.378 e. The molecule has 166 valence electrons. The molecular formula is C23H21F3N4O2. The van der Waals surface area contributed by atoms with Gasteiger partial charge in [0.05, 0.1) is 30.5 Å². The molecule has 1 amide bonds. The fourth-order valence-corrected chi connectivity index (χ4v) is 4.57. The van der Waals surface area contributed by atoms with E-state index in [4.69, 9.17) is 4.74 Å². The van der Waals surface area contributed by atoms with Gasteiger partial charge < -0.3 is 15.0 Å². The van der Waals surface area contributed by atoms with Crippen molar-refractivity contribution in [3.05, 3.63) is 58.5 Å². The van der Waals surface area contributed by atoms with E-state index in [1.807, 2.05) is 19.1 Å². The molecular weight excluding hydrogens is 421 g/mol. The van der Waals surface area contributed by atoms with Crippen molar-refractivity contribution < 1.29 is 22.7 Å². The van der Waals surface area contributed by atoms with Gasteiger partial charge in [-0.1, -0.05) is 18.2 Å². The number of nitrogens with one attached hydrogen (secondary N) is 1. The maximum Gasteiger partial charge on any atom is 0.266 e. The first kappa shape index (κ1) is 20.7. The van der Waals surface area contributed by atoms with Crippen LogP contribution in [0.4, 0.5) is 24.7 Å². The molecule has 9 heteroatoms. The van der Waals surface area contributed by atoms with E-state index in [9.17, 15) is 18.0 Å². The minimum Gasteiger partial charge on any atom is -0.378 e. The van der Waals surface area contributed by atoms with Gasteiger partial charge in [0.2, 0.25) is 5.91 Å². The molecule has 1 fully saturated rings. The van der Waals surface area contributed by atoms with Gasteiger partial charge in [-0.3, -0.25) is 4.79 Å². The van der Waals surface area contributed by atoms with Gasteiger partial charge in [-0.2, -0.15) is 5.10 Å². The second-order valence-electron chi connectivity index (χ2n) is 8.41. The molecule has 2 aromatic carbocycles. The van der Waals surface area contributed by atoms with Gasteiger partial charge in [0.25, 0.3) is 6.43 Å². The standard InChI is InChI=1S/C23H21F3N4O2/c1-11(13-5-4-6-14(19(13)24)20(25)26)27-21-16-7-17-18(8-15(16)12(2)28-29-21)30(3)22(31)23(17)9-32-10-23/h4-8,11,20H,9-10H2,1-3H3,(H,27,29). The van der Waals surface area contributed by atoms with Gasteiger partial charge >= 0.3 is 0 Å². The molecule has 1 unspecified atom stereocenters. The van der Waals surface area contributed by atoms with Crippen molar-refractivity contribution >= 4 is 28.2 Å². The van der Waals surface area contributed by atoms with Gasteiger partial charge in [-0.05, 0) is 31.5 Å². The number of anilines is 2. The van der Waals surface area contributed by atoms with E-state index >= 15 is 0 Å². The number of nitrogens with zero attached hydrogens (tertiary/aromatic N) is 3. The normalized spacial score (nSPS) is 17.7. The quantitative estimate of drug-likeness (QED) is 0.648. The predicted molar refractivity (Wildman–Crippen MR) is 114 cm³/mol. The van der Waals surface area contributed by atoms with E-state index in [0.29, 0.717) is 24.7 Å². The molecule has 6 nitrogen and oxygen atoms in total. The summed E-state index contributed by atoms with van der Waals surface area (Å²) in [6.45, 7) is 4.13. The first-order valence-electron chi connectivity index (χ1n) is 10.2. The van der Waals surface area contributed by atoms with E-state index in [-0.39, 0.29) is 11.5 Å². The van der Waals surface area contributed by atoms with Crippen LogP contribution in [0.1, 0.15) is 41.8 Å². The summed E-state index contributed by atoms with van der Waals surface area (Å²) in [5.74, 6) is -0.563. The molecule has 0 bridgehead atoms. The summed E-state index contributed by atoms with van der Waals surface area (Å²) in [4.78, 5) is 14.5. The Kier molecular flexibility index (Phi) is 4.63. The third-order valence-electron chi connectivity index (χ3n) is 6.48. The number of carbonyl (C=O) groups excluding carboxylic acids is 1. The number of aromatic nitrogens is 2.